The van der Waals surface area contributed by atoms with Gasteiger partial charge in [-0.15, -0.1) is 0 Å². The second-order valence-corrected chi connectivity index (χ2v) is 0. The molecular weight excluding hydrogens is 233 g/mol. The Kier molecular flexibility index (Phi) is 186. The van der Waals surface area contributed by atoms with Crippen LogP contribution in [0.2, 0.25) is 0 Å². The van der Waals surface area contributed by atoms with Crippen LogP contribution in [0.1, 0.15) is 0 Å². The maximum absolute atomic E-state index is 0. The summed E-state index contributed by atoms with van der Waals surface area (Å²) in [7, 11) is 0. The Balaban J connectivity index is 0. The molecule has 0 aromatic heterocycles. The van der Waals surface area contributed by atoms with Gasteiger partial charge >= 0.3 is 65.9 Å². The SMILES string of the molecule is [Ba+2].[Cu+2].[O-2].[O-2]. The van der Waals surface area contributed by atoms with E-state index in [1.807, 2.05) is 0 Å². The van der Waals surface area contributed by atoms with Gasteiger partial charge in [0.1, 0.15) is 0 Å². The molecule has 0 bridgehead atoms. The van der Waals surface area contributed by atoms with Gasteiger partial charge in [-0.2, -0.15) is 0 Å². The van der Waals surface area contributed by atoms with Gasteiger partial charge in [0.25, 0.3) is 0 Å². The zero-order valence-corrected chi connectivity index (χ0v) is 7.21. The fourth-order valence-electron chi connectivity index (χ4n) is 0. The zero-order chi connectivity index (χ0) is 0. The quantitative estimate of drug-likeness (QED) is 0.500. The second-order valence-electron chi connectivity index (χ2n) is 0. The minimum Gasteiger partial charge on any atom is -2.00 e. The first-order chi connectivity index (χ1) is 0. The van der Waals surface area contributed by atoms with E-state index in [-0.39, 0.29) is 76.9 Å². The minimum atomic E-state index is 0. The van der Waals surface area contributed by atoms with Crippen molar-refractivity contribution in [3.05, 3.63) is 0 Å². The number of hydrogen-bond donors (Lipinski definition) is 0. The van der Waals surface area contributed by atoms with Gasteiger partial charge in [0.05, 0.1) is 0 Å². The molecule has 0 aromatic carbocycles. The van der Waals surface area contributed by atoms with Crippen molar-refractivity contribution in [3.8, 4) is 0 Å². The average Bonchev–Trinajstić information content (AvgIpc) is 0. The largest absolute Gasteiger partial charge is 2.00 e. The molecule has 0 rings (SSSR count). The molecule has 0 aliphatic carbocycles. The Morgan fingerprint density at radius 3 is 0.750 bits per heavy atom. The van der Waals surface area contributed by atoms with E-state index in [0.29, 0.717) is 0 Å². The fraction of sp³-hybridized carbons (Fsp3) is 0. The van der Waals surface area contributed by atoms with Crippen LogP contribution in [-0.4, -0.2) is 48.9 Å². The van der Waals surface area contributed by atoms with Crippen LogP contribution in [0.4, 0.5) is 0 Å². The van der Waals surface area contributed by atoms with E-state index in [1.54, 1.807) is 0 Å². The topological polar surface area (TPSA) is 57.0 Å². The van der Waals surface area contributed by atoms with Crippen LogP contribution < -0.4 is 0 Å². The molecule has 25 valence electrons. The van der Waals surface area contributed by atoms with Gasteiger partial charge < -0.3 is 11.0 Å². The summed E-state index contributed by atoms with van der Waals surface area (Å²) >= 11 is 0. The van der Waals surface area contributed by atoms with Crippen LogP contribution >= 0.6 is 0 Å². The van der Waals surface area contributed by atoms with Crippen LogP contribution in [0.3, 0.4) is 0 Å². The molecule has 1 radical (unpaired) electrons. The Hall–Kier alpha value is 2.01. The third kappa shape index (κ3) is 8.99. The molecule has 0 aliphatic rings. The first-order valence-electron chi connectivity index (χ1n) is 0. The van der Waals surface area contributed by atoms with Gasteiger partial charge in [0.15, 0.2) is 0 Å². The summed E-state index contributed by atoms with van der Waals surface area (Å²) in [4.78, 5) is 0. The summed E-state index contributed by atoms with van der Waals surface area (Å²) in [5, 5.41) is 0. The molecule has 4 heavy (non-hydrogen) atoms. The van der Waals surface area contributed by atoms with Crippen LogP contribution in [0.15, 0.2) is 0 Å². The summed E-state index contributed by atoms with van der Waals surface area (Å²) in [6, 6.07) is 0. The summed E-state index contributed by atoms with van der Waals surface area (Å²) in [5.74, 6) is 0. The maximum Gasteiger partial charge on any atom is 2.00 e. The van der Waals surface area contributed by atoms with Gasteiger partial charge in [-0.25, -0.2) is 0 Å². The second kappa shape index (κ2) is 19.9. The summed E-state index contributed by atoms with van der Waals surface area (Å²) in [5.41, 5.74) is 0. The molecule has 0 saturated heterocycles. The van der Waals surface area contributed by atoms with E-state index >= 15 is 0 Å². The molecule has 0 atom stereocenters. The third-order valence-electron chi connectivity index (χ3n) is 0. The normalized spacial score (nSPS) is 0. The molecule has 2 nitrogen and oxygen atoms in total. The molecule has 0 N–H and O–H groups in total. The van der Waals surface area contributed by atoms with Crippen LogP contribution in [0.5, 0.6) is 0 Å². The van der Waals surface area contributed by atoms with Crippen molar-refractivity contribution in [2.45, 2.75) is 0 Å². The molecular formula is BaCuO2. The van der Waals surface area contributed by atoms with E-state index in [1.165, 1.54) is 0 Å². The molecule has 0 spiro atoms. The van der Waals surface area contributed by atoms with Crippen LogP contribution in [0, 0.1) is 0 Å². The van der Waals surface area contributed by atoms with Gasteiger partial charge in [0, 0.05) is 0 Å². The molecule has 0 heterocycles. The van der Waals surface area contributed by atoms with Crippen molar-refractivity contribution in [3.63, 3.8) is 0 Å². The van der Waals surface area contributed by atoms with Crippen molar-refractivity contribution in [2.24, 2.45) is 0 Å². The van der Waals surface area contributed by atoms with Crippen LogP contribution in [-0.2, 0) is 28.0 Å². The van der Waals surface area contributed by atoms with E-state index in [2.05, 4.69) is 0 Å². The predicted molar refractivity (Wildman–Crippen MR) is 7.13 cm³/mol. The van der Waals surface area contributed by atoms with E-state index < -0.39 is 0 Å². The van der Waals surface area contributed by atoms with Crippen molar-refractivity contribution in [1.29, 1.82) is 0 Å². The van der Waals surface area contributed by atoms with Crippen molar-refractivity contribution in [1.82, 2.24) is 0 Å². The van der Waals surface area contributed by atoms with E-state index in [9.17, 15) is 0 Å². The molecule has 0 amide bonds. The Morgan fingerprint density at radius 2 is 0.750 bits per heavy atom. The number of rotatable bonds is 0. The standard InChI is InChI=1S/Ba.Cu.2O/q2*+2;2*-2. The third-order valence-corrected chi connectivity index (χ3v) is 0. The smallest absolute Gasteiger partial charge is 2.00 e. The van der Waals surface area contributed by atoms with E-state index in [0.717, 1.165) is 0 Å². The number of hydrogen-bond acceptors (Lipinski definition) is 0. The average molecular weight is 233 g/mol. The Bertz CT molecular complexity index is 6.00. The zero-order valence-electron chi connectivity index (χ0n) is 1.83. The van der Waals surface area contributed by atoms with Gasteiger partial charge in [-0.3, -0.25) is 0 Å². The monoisotopic (exact) mass is 233 g/mol. The molecule has 0 saturated carbocycles. The fourth-order valence-corrected chi connectivity index (χ4v) is 0. The van der Waals surface area contributed by atoms with Crippen molar-refractivity contribution < 1.29 is 28.0 Å². The predicted octanol–water partition coefficient (Wildman–Crippen LogP) is -0.621. The van der Waals surface area contributed by atoms with Gasteiger partial charge in [-0.05, 0) is 0 Å². The van der Waals surface area contributed by atoms with Gasteiger partial charge in [-0.1, -0.05) is 0 Å². The van der Waals surface area contributed by atoms with Gasteiger partial charge in [0.2, 0.25) is 0 Å². The molecule has 0 aromatic rings. The maximum atomic E-state index is 0. The summed E-state index contributed by atoms with van der Waals surface area (Å²) in [6.07, 6.45) is 0. The minimum absolute atomic E-state index is 0. The molecule has 0 unspecified atom stereocenters. The Morgan fingerprint density at radius 1 is 0.750 bits per heavy atom. The summed E-state index contributed by atoms with van der Waals surface area (Å²) in [6.45, 7) is 0. The van der Waals surface area contributed by atoms with Crippen molar-refractivity contribution in [2.75, 3.05) is 0 Å². The Labute approximate surface area is 75.5 Å². The van der Waals surface area contributed by atoms with Crippen LogP contribution in [0.25, 0.3) is 0 Å². The van der Waals surface area contributed by atoms with Crippen molar-refractivity contribution >= 4 is 48.9 Å². The summed E-state index contributed by atoms with van der Waals surface area (Å²) < 4.78 is 0. The molecule has 4 heteroatoms. The first kappa shape index (κ1) is 37.3. The first-order valence-corrected chi connectivity index (χ1v) is 0. The van der Waals surface area contributed by atoms with E-state index in [4.69, 9.17) is 0 Å². The molecule has 0 fully saturated rings. The molecule has 0 aliphatic heterocycles.